The van der Waals surface area contributed by atoms with Crippen LogP contribution in [0.1, 0.15) is 39.3 Å². The molecule has 2 heterocycles. The van der Waals surface area contributed by atoms with E-state index in [9.17, 15) is 10.1 Å². The van der Waals surface area contributed by atoms with Gasteiger partial charge in [-0.05, 0) is 39.2 Å². The largest absolute Gasteiger partial charge is 0.444 e. The molecular formula is C15H20N4O2. The van der Waals surface area contributed by atoms with Crippen LogP contribution in [0.4, 0.5) is 4.79 Å². The van der Waals surface area contributed by atoms with Crippen molar-refractivity contribution in [3.8, 4) is 6.07 Å². The van der Waals surface area contributed by atoms with E-state index in [1.165, 1.54) is 0 Å². The molecule has 6 heteroatoms. The van der Waals surface area contributed by atoms with Gasteiger partial charge < -0.3 is 14.6 Å². The molecule has 0 spiro atoms. The fourth-order valence-electron chi connectivity index (χ4n) is 2.26. The maximum atomic E-state index is 12.0. The first-order valence-electron chi connectivity index (χ1n) is 6.99. The van der Waals surface area contributed by atoms with E-state index in [2.05, 4.69) is 16.0 Å². The highest BCUT2D eigenvalue weighted by atomic mass is 16.6. The zero-order valence-corrected chi connectivity index (χ0v) is 12.6. The molecule has 1 aromatic rings. The number of nitriles is 1. The summed E-state index contributed by atoms with van der Waals surface area (Å²) in [7, 11) is 0. The predicted octanol–water partition coefficient (Wildman–Crippen LogP) is 2.72. The van der Waals surface area contributed by atoms with E-state index in [-0.39, 0.29) is 6.09 Å². The highest BCUT2D eigenvalue weighted by Gasteiger charge is 2.26. The highest BCUT2D eigenvalue weighted by Crippen LogP contribution is 2.26. The van der Waals surface area contributed by atoms with Crippen molar-refractivity contribution in [3.05, 3.63) is 23.8 Å². The van der Waals surface area contributed by atoms with E-state index in [1.54, 1.807) is 17.4 Å². The molecule has 1 aliphatic heterocycles. The third kappa shape index (κ3) is 3.85. The molecule has 1 amide bonds. The number of H-pyrrole nitrogens is 1. The first-order valence-corrected chi connectivity index (χ1v) is 6.99. The number of hydrogen-bond acceptors (Lipinski definition) is 4. The molecule has 6 nitrogen and oxygen atoms in total. The molecule has 0 radical (unpaired) electrons. The van der Waals surface area contributed by atoms with Gasteiger partial charge in [-0.3, -0.25) is 0 Å². The van der Waals surface area contributed by atoms with Crippen LogP contribution in [0.3, 0.4) is 0 Å². The molecule has 1 aromatic heterocycles. The van der Waals surface area contributed by atoms with Gasteiger partial charge in [0.2, 0.25) is 0 Å². The molecule has 0 bridgehead atoms. The Labute approximate surface area is 124 Å². The summed E-state index contributed by atoms with van der Waals surface area (Å²) in [5.74, 6) is 0. The van der Waals surface area contributed by atoms with Crippen molar-refractivity contribution >= 4 is 11.7 Å². The van der Waals surface area contributed by atoms with Crippen LogP contribution in [0.25, 0.3) is 5.57 Å². The summed E-state index contributed by atoms with van der Waals surface area (Å²) in [6, 6.07) is 2.23. The topological polar surface area (TPSA) is 82.0 Å². The summed E-state index contributed by atoms with van der Waals surface area (Å²) in [6.45, 7) is 6.71. The molecule has 1 N–H and O–H groups in total. The molecule has 1 fully saturated rings. The number of carbonyl (C=O) groups excluding carboxylic acids is 1. The van der Waals surface area contributed by atoms with E-state index in [0.29, 0.717) is 31.5 Å². The van der Waals surface area contributed by atoms with Crippen molar-refractivity contribution in [2.45, 2.75) is 39.2 Å². The lowest BCUT2D eigenvalue weighted by Crippen LogP contribution is -2.40. The number of imidazole rings is 1. The average Bonchev–Trinajstić information content (AvgIpc) is 2.92. The molecule has 0 aliphatic carbocycles. The number of aromatic nitrogens is 2. The fraction of sp³-hybridized carbons (Fsp3) is 0.533. The van der Waals surface area contributed by atoms with Crippen LogP contribution in [-0.2, 0) is 4.74 Å². The second-order valence-electron chi connectivity index (χ2n) is 6.02. The third-order valence-corrected chi connectivity index (χ3v) is 3.25. The second-order valence-corrected chi connectivity index (χ2v) is 6.02. The molecule has 0 saturated carbocycles. The molecule has 1 saturated heterocycles. The Morgan fingerprint density at radius 2 is 2.10 bits per heavy atom. The number of piperidine rings is 1. The Kier molecular flexibility index (Phi) is 4.32. The Bertz CT molecular complexity index is 566. The number of aromatic amines is 1. The second kappa shape index (κ2) is 6.00. The van der Waals surface area contributed by atoms with Crippen LogP contribution in [0.5, 0.6) is 0 Å². The van der Waals surface area contributed by atoms with Gasteiger partial charge in [-0.2, -0.15) is 5.26 Å². The summed E-state index contributed by atoms with van der Waals surface area (Å²) < 4.78 is 5.36. The first-order chi connectivity index (χ1) is 9.90. The van der Waals surface area contributed by atoms with Crippen LogP contribution < -0.4 is 0 Å². The van der Waals surface area contributed by atoms with Crippen LogP contribution in [0, 0.1) is 11.3 Å². The molecule has 0 atom stereocenters. The van der Waals surface area contributed by atoms with E-state index in [0.717, 1.165) is 11.3 Å². The van der Waals surface area contributed by atoms with E-state index >= 15 is 0 Å². The van der Waals surface area contributed by atoms with Gasteiger partial charge in [-0.15, -0.1) is 0 Å². The summed E-state index contributed by atoms with van der Waals surface area (Å²) in [6.07, 6.45) is 4.28. The van der Waals surface area contributed by atoms with Crippen molar-refractivity contribution in [2.75, 3.05) is 13.1 Å². The molecule has 0 unspecified atom stereocenters. The minimum absolute atomic E-state index is 0.290. The summed E-state index contributed by atoms with van der Waals surface area (Å²) in [5, 5.41) is 9.32. The number of ether oxygens (including phenoxy) is 1. The smallest absolute Gasteiger partial charge is 0.410 e. The van der Waals surface area contributed by atoms with Crippen molar-refractivity contribution in [1.82, 2.24) is 14.9 Å². The quantitative estimate of drug-likeness (QED) is 0.805. The number of carbonyl (C=O) groups is 1. The van der Waals surface area contributed by atoms with Crippen molar-refractivity contribution in [1.29, 1.82) is 5.26 Å². The molecule has 2 rings (SSSR count). The summed E-state index contributed by atoms with van der Waals surface area (Å²) in [4.78, 5) is 20.6. The molecule has 1 aliphatic rings. The van der Waals surface area contributed by atoms with Crippen molar-refractivity contribution in [2.24, 2.45) is 0 Å². The lowest BCUT2D eigenvalue weighted by Gasteiger charge is -2.31. The van der Waals surface area contributed by atoms with Crippen LogP contribution in [0.15, 0.2) is 18.1 Å². The standard InChI is InChI=1S/C15H20N4O2/c1-15(2,3)21-14(20)19-6-4-11(5-7-19)12(8-16)13-9-17-10-18-13/h9-10H,4-7H2,1-3H3,(H,17,18). The van der Waals surface area contributed by atoms with Gasteiger partial charge in [-0.25, -0.2) is 9.78 Å². The van der Waals surface area contributed by atoms with Gasteiger partial charge in [0.1, 0.15) is 11.7 Å². The summed E-state index contributed by atoms with van der Waals surface area (Å²) >= 11 is 0. The maximum Gasteiger partial charge on any atom is 0.410 e. The van der Waals surface area contributed by atoms with Gasteiger partial charge in [0, 0.05) is 13.1 Å². The first kappa shape index (κ1) is 15.1. The maximum absolute atomic E-state index is 12.0. The Morgan fingerprint density at radius 3 is 2.57 bits per heavy atom. The van der Waals surface area contributed by atoms with E-state index in [4.69, 9.17) is 4.74 Å². The number of amides is 1. The normalized spacial score (nSPS) is 15.5. The minimum Gasteiger partial charge on any atom is -0.444 e. The van der Waals surface area contributed by atoms with Crippen LogP contribution in [-0.4, -0.2) is 39.7 Å². The van der Waals surface area contributed by atoms with Gasteiger partial charge >= 0.3 is 6.09 Å². The lowest BCUT2D eigenvalue weighted by molar-refractivity contribution is 0.0236. The zero-order chi connectivity index (χ0) is 15.5. The highest BCUT2D eigenvalue weighted by molar-refractivity contribution is 5.77. The number of hydrogen-bond donors (Lipinski definition) is 1. The molecule has 112 valence electrons. The van der Waals surface area contributed by atoms with Crippen molar-refractivity contribution < 1.29 is 9.53 Å². The molecular weight excluding hydrogens is 268 g/mol. The van der Waals surface area contributed by atoms with Crippen LogP contribution >= 0.6 is 0 Å². The third-order valence-electron chi connectivity index (χ3n) is 3.25. The van der Waals surface area contributed by atoms with Gasteiger partial charge in [-0.1, -0.05) is 0 Å². The van der Waals surface area contributed by atoms with E-state index in [1.807, 2.05) is 20.8 Å². The minimum atomic E-state index is -0.485. The fourth-order valence-corrected chi connectivity index (χ4v) is 2.26. The number of nitrogens with one attached hydrogen (secondary N) is 1. The lowest BCUT2D eigenvalue weighted by atomic mass is 9.97. The summed E-state index contributed by atoms with van der Waals surface area (Å²) in [5.41, 5.74) is 1.94. The van der Waals surface area contributed by atoms with Gasteiger partial charge in [0.15, 0.2) is 0 Å². The SMILES string of the molecule is CC(C)(C)OC(=O)N1CCC(=C(C#N)c2cnc[nH]2)CC1. The Morgan fingerprint density at radius 1 is 1.43 bits per heavy atom. The number of allylic oxidation sites excluding steroid dienone is 1. The van der Waals surface area contributed by atoms with Gasteiger partial charge in [0.25, 0.3) is 0 Å². The number of rotatable bonds is 1. The zero-order valence-electron chi connectivity index (χ0n) is 12.6. The van der Waals surface area contributed by atoms with Crippen LogP contribution in [0.2, 0.25) is 0 Å². The average molecular weight is 288 g/mol. The number of nitrogens with zero attached hydrogens (tertiary/aromatic N) is 3. The Balaban J connectivity index is 2.03. The Hall–Kier alpha value is -2.29. The molecule has 21 heavy (non-hydrogen) atoms. The van der Waals surface area contributed by atoms with Crippen molar-refractivity contribution in [3.63, 3.8) is 0 Å². The van der Waals surface area contributed by atoms with Gasteiger partial charge in [0.05, 0.1) is 23.8 Å². The number of likely N-dealkylation sites (tertiary alicyclic amines) is 1. The van der Waals surface area contributed by atoms with E-state index < -0.39 is 5.60 Å². The molecule has 0 aromatic carbocycles. The predicted molar refractivity (Wildman–Crippen MR) is 78.2 cm³/mol. The monoisotopic (exact) mass is 288 g/mol.